The molecule has 0 radical (unpaired) electrons. The summed E-state index contributed by atoms with van der Waals surface area (Å²) in [5.41, 5.74) is 1.11. The van der Waals surface area contributed by atoms with Crippen molar-refractivity contribution in [2.45, 2.75) is 6.92 Å². The van der Waals surface area contributed by atoms with Gasteiger partial charge in [-0.3, -0.25) is 9.59 Å². The van der Waals surface area contributed by atoms with Crippen LogP contribution < -0.4 is 5.43 Å². The molecule has 6 heteroatoms. The van der Waals surface area contributed by atoms with Crippen LogP contribution in [0.3, 0.4) is 0 Å². The minimum atomic E-state index is -0.346. The van der Waals surface area contributed by atoms with Crippen molar-refractivity contribution >= 4 is 5.91 Å². The molecule has 0 spiro atoms. The molecule has 0 aliphatic carbocycles. The molecule has 0 atom stereocenters. The van der Waals surface area contributed by atoms with Crippen LogP contribution in [0.2, 0.25) is 0 Å². The highest BCUT2D eigenvalue weighted by atomic mass is 16.5. The number of rotatable bonds is 2. The van der Waals surface area contributed by atoms with Gasteiger partial charge in [-0.15, -0.1) is 0 Å². The van der Waals surface area contributed by atoms with Gasteiger partial charge < -0.3 is 9.64 Å². The standard InChI is InChI=1S/C16H17N3O3/c1-12-11-14(20)15(16(21)18-7-9-22-10-8-18)17-19(12)13-5-3-2-4-6-13/h2-6,11H,7-10H2,1H3. The summed E-state index contributed by atoms with van der Waals surface area (Å²) < 4.78 is 6.85. The molecule has 1 aromatic heterocycles. The largest absolute Gasteiger partial charge is 0.378 e. The van der Waals surface area contributed by atoms with E-state index in [-0.39, 0.29) is 17.0 Å². The Morgan fingerprint density at radius 2 is 1.86 bits per heavy atom. The quantitative estimate of drug-likeness (QED) is 0.830. The first-order chi connectivity index (χ1) is 10.7. The molecule has 1 aromatic carbocycles. The molecule has 0 N–H and O–H groups in total. The molecule has 0 bridgehead atoms. The van der Waals surface area contributed by atoms with Gasteiger partial charge in [0.25, 0.3) is 5.91 Å². The summed E-state index contributed by atoms with van der Waals surface area (Å²) in [6, 6.07) is 10.9. The first-order valence-corrected chi connectivity index (χ1v) is 7.20. The van der Waals surface area contributed by atoms with Crippen LogP contribution in [0.4, 0.5) is 0 Å². The molecular formula is C16H17N3O3. The highest BCUT2D eigenvalue weighted by molar-refractivity contribution is 5.92. The van der Waals surface area contributed by atoms with Gasteiger partial charge in [0.2, 0.25) is 5.43 Å². The van der Waals surface area contributed by atoms with Crippen LogP contribution in [0.15, 0.2) is 41.2 Å². The Morgan fingerprint density at radius 1 is 1.18 bits per heavy atom. The fourth-order valence-corrected chi connectivity index (χ4v) is 2.44. The fraction of sp³-hybridized carbons (Fsp3) is 0.312. The second-order valence-electron chi connectivity index (χ2n) is 5.15. The number of hydrogen-bond acceptors (Lipinski definition) is 4. The summed E-state index contributed by atoms with van der Waals surface area (Å²) >= 11 is 0. The predicted molar refractivity (Wildman–Crippen MR) is 81.3 cm³/mol. The zero-order valence-electron chi connectivity index (χ0n) is 12.4. The van der Waals surface area contributed by atoms with Gasteiger partial charge in [-0.1, -0.05) is 18.2 Å². The molecule has 0 saturated carbocycles. The van der Waals surface area contributed by atoms with Crippen molar-refractivity contribution in [2.75, 3.05) is 26.3 Å². The lowest BCUT2D eigenvalue weighted by atomic mass is 10.2. The number of amides is 1. The number of carbonyl (C=O) groups is 1. The summed E-state index contributed by atoms with van der Waals surface area (Å²) in [5.74, 6) is -0.335. The van der Waals surface area contributed by atoms with E-state index in [4.69, 9.17) is 4.74 Å². The van der Waals surface area contributed by atoms with Crippen LogP contribution in [-0.2, 0) is 4.74 Å². The number of carbonyl (C=O) groups excluding carboxylic acids is 1. The van der Waals surface area contributed by atoms with E-state index in [9.17, 15) is 9.59 Å². The van der Waals surface area contributed by atoms with Crippen LogP contribution in [0, 0.1) is 6.92 Å². The molecule has 2 aromatic rings. The van der Waals surface area contributed by atoms with Gasteiger partial charge in [-0.2, -0.15) is 5.10 Å². The molecular weight excluding hydrogens is 282 g/mol. The number of ether oxygens (including phenoxy) is 1. The van der Waals surface area contributed by atoms with Gasteiger partial charge in [0.15, 0.2) is 5.69 Å². The molecule has 1 fully saturated rings. The SMILES string of the molecule is Cc1cc(=O)c(C(=O)N2CCOCC2)nn1-c1ccccc1. The van der Waals surface area contributed by atoms with Gasteiger partial charge in [0.1, 0.15) is 0 Å². The number of nitrogens with zero attached hydrogens (tertiary/aromatic N) is 3. The Morgan fingerprint density at radius 3 is 2.55 bits per heavy atom. The number of morpholine rings is 1. The molecule has 0 unspecified atom stereocenters. The van der Waals surface area contributed by atoms with Crippen LogP contribution >= 0.6 is 0 Å². The fourth-order valence-electron chi connectivity index (χ4n) is 2.44. The zero-order chi connectivity index (χ0) is 15.5. The Kier molecular flexibility index (Phi) is 4.02. The van der Waals surface area contributed by atoms with E-state index >= 15 is 0 Å². The molecule has 3 rings (SSSR count). The normalized spacial score (nSPS) is 14.9. The van der Waals surface area contributed by atoms with E-state index < -0.39 is 0 Å². The maximum Gasteiger partial charge on any atom is 0.278 e. The van der Waals surface area contributed by atoms with Gasteiger partial charge in [0, 0.05) is 24.8 Å². The Labute approximate surface area is 127 Å². The van der Waals surface area contributed by atoms with Crippen LogP contribution in [0.1, 0.15) is 16.2 Å². The summed E-state index contributed by atoms with van der Waals surface area (Å²) in [6.07, 6.45) is 0. The Bertz CT molecular complexity index is 734. The second kappa shape index (κ2) is 6.11. The first-order valence-electron chi connectivity index (χ1n) is 7.20. The van der Waals surface area contributed by atoms with Crippen molar-refractivity contribution in [1.82, 2.24) is 14.7 Å². The average molecular weight is 299 g/mol. The lowest BCUT2D eigenvalue weighted by Gasteiger charge is -2.26. The molecule has 22 heavy (non-hydrogen) atoms. The van der Waals surface area contributed by atoms with Gasteiger partial charge in [-0.25, -0.2) is 4.68 Å². The van der Waals surface area contributed by atoms with E-state index in [1.54, 1.807) is 16.5 Å². The topological polar surface area (TPSA) is 64.4 Å². The molecule has 1 aliphatic rings. The molecule has 1 saturated heterocycles. The summed E-state index contributed by atoms with van der Waals surface area (Å²) in [5, 5.41) is 4.29. The monoisotopic (exact) mass is 299 g/mol. The molecule has 6 nitrogen and oxygen atoms in total. The van der Waals surface area contributed by atoms with E-state index in [1.165, 1.54) is 6.07 Å². The Balaban J connectivity index is 2.01. The third-order valence-corrected chi connectivity index (χ3v) is 3.61. The van der Waals surface area contributed by atoms with Gasteiger partial charge in [0.05, 0.1) is 18.9 Å². The third kappa shape index (κ3) is 2.78. The van der Waals surface area contributed by atoms with E-state index in [2.05, 4.69) is 5.10 Å². The Hall–Kier alpha value is -2.47. The molecule has 1 amide bonds. The first kappa shape index (κ1) is 14.5. The van der Waals surface area contributed by atoms with Crippen molar-refractivity contribution in [3.8, 4) is 5.69 Å². The lowest BCUT2D eigenvalue weighted by Crippen LogP contribution is -2.43. The number of hydrogen-bond donors (Lipinski definition) is 0. The van der Waals surface area contributed by atoms with E-state index in [0.29, 0.717) is 32.0 Å². The minimum absolute atomic E-state index is 0.0450. The van der Waals surface area contributed by atoms with E-state index in [0.717, 1.165) is 5.69 Å². The summed E-state index contributed by atoms with van der Waals surface area (Å²) in [7, 11) is 0. The van der Waals surface area contributed by atoms with Crippen LogP contribution in [0.25, 0.3) is 5.69 Å². The molecule has 1 aliphatic heterocycles. The van der Waals surface area contributed by atoms with E-state index in [1.807, 2.05) is 30.3 Å². The predicted octanol–water partition coefficient (Wildman–Crippen LogP) is 1.01. The third-order valence-electron chi connectivity index (χ3n) is 3.61. The average Bonchev–Trinajstić information content (AvgIpc) is 2.56. The van der Waals surface area contributed by atoms with Crippen LogP contribution in [0.5, 0.6) is 0 Å². The highest BCUT2D eigenvalue weighted by Crippen LogP contribution is 2.09. The smallest absolute Gasteiger partial charge is 0.278 e. The van der Waals surface area contributed by atoms with Crippen molar-refractivity contribution in [1.29, 1.82) is 0 Å². The van der Waals surface area contributed by atoms with Gasteiger partial charge in [-0.05, 0) is 19.1 Å². The minimum Gasteiger partial charge on any atom is -0.378 e. The summed E-state index contributed by atoms with van der Waals surface area (Å²) in [6.45, 7) is 3.75. The molecule has 2 heterocycles. The maximum absolute atomic E-state index is 12.5. The van der Waals surface area contributed by atoms with Crippen molar-refractivity contribution < 1.29 is 9.53 Å². The highest BCUT2D eigenvalue weighted by Gasteiger charge is 2.23. The number of aromatic nitrogens is 2. The van der Waals surface area contributed by atoms with Crippen molar-refractivity contribution in [3.63, 3.8) is 0 Å². The second-order valence-corrected chi connectivity index (χ2v) is 5.15. The number of para-hydroxylation sites is 1. The van der Waals surface area contributed by atoms with Gasteiger partial charge >= 0.3 is 0 Å². The summed E-state index contributed by atoms with van der Waals surface area (Å²) in [4.78, 5) is 26.3. The van der Waals surface area contributed by atoms with Crippen molar-refractivity contribution in [2.24, 2.45) is 0 Å². The number of benzene rings is 1. The molecule has 114 valence electrons. The van der Waals surface area contributed by atoms with Crippen LogP contribution in [-0.4, -0.2) is 46.9 Å². The maximum atomic E-state index is 12.5. The lowest BCUT2D eigenvalue weighted by molar-refractivity contribution is 0.0297. The van der Waals surface area contributed by atoms with Crippen molar-refractivity contribution in [3.05, 3.63) is 58.0 Å². The number of aryl methyl sites for hydroxylation is 1. The zero-order valence-corrected chi connectivity index (χ0v) is 12.4.